The molecule has 3 saturated heterocycles. The Morgan fingerprint density at radius 3 is 2.85 bits per heavy atom. The van der Waals surface area contributed by atoms with E-state index < -0.39 is 0 Å². The van der Waals surface area contributed by atoms with E-state index in [9.17, 15) is 9.59 Å². The fourth-order valence-electron chi connectivity index (χ4n) is 5.16. The third-order valence-corrected chi connectivity index (χ3v) is 6.12. The second kappa shape index (κ2) is 3.73. The van der Waals surface area contributed by atoms with Gasteiger partial charge in [0.05, 0.1) is 12.0 Å². The minimum absolute atomic E-state index is 0.0539. The van der Waals surface area contributed by atoms with Gasteiger partial charge in [0, 0.05) is 18.3 Å². The molecule has 4 bridgehead atoms. The predicted molar refractivity (Wildman–Crippen MR) is 68.6 cm³/mol. The van der Waals surface area contributed by atoms with Gasteiger partial charge in [-0.3, -0.25) is 9.59 Å². The number of carbonyl (C=O) groups excluding carboxylic acids is 2. The van der Waals surface area contributed by atoms with Gasteiger partial charge in [-0.2, -0.15) is 0 Å². The fraction of sp³-hybridized carbons (Fsp3) is 0.750. The molecule has 106 valence electrons. The number of esters is 1. The zero-order chi connectivity index (χ0) is 13.4. The maximum absolute atomic E-state index is 12.6. The topological polar surface area (TPSA) is 52.6 Å². The van der Waals surface area contributed by atoms with Gasteiger partial charge in [-0.05, 0) is 31.1 Å². The van der Waals surface area contributed by atoms with Crippen LogP contribution in [0.4, 0.5) is 0 Å². The van der Waals surface area contributed by atoms with Crippen LogP contribution in [0.5, 0.6) is 0 Å². The summed E-state index contributed by atoms with van der Waals surface area (Å²) in [6.45, 7) is 0. The number of carbonyl (C=O) groups is 2. The monoisotopic (exact) mass is 274 g/mol. The number of rotatable bonds is 3. The van der Waals surface area contributed by atoms with Gasteiger partial charge in [0.2, 0.25) is 0 Å². The molecule has 8 unspecified atom stereocenters. The lowest BCUT2D eigenvalue weighted by atomic mass is 9.77. The summed E-state index contributed by atoms with van der Waals surface area (Å²) in [4.78, 5) is 24.3. The first-order valence-electron chi connectivity index (χ1n) is 7.77. The first kappa shape index (κ1) is 11.5. The van der Waals surface area contributed by atoms with Crippen LogP contribution in [0.3, 0.4) is 0 Å². The van der Waals surface area contributed by atoms with E-state index in [2.05, 4.69) is 12.2 Å². The van der Waals surface area contributed by atoms with E-state index in [0.717, 1.165) is 19.3 Å². The van der Waals surface area contributed by atoms with Gasteiger partial charge in [-0.15, -0.1) is 0 Å². The molecule has 0 N–H and O–H groups in total. The second-order valence-electron chi connectivity index (χ2n) is 7.10. The standard InChI is InChI=1S/C16H18O4/c17-12(9-4-7-1-2-8(9)3-7)5-10-13-6-11-15(19-13)14(10)20-16(11)18/h1-2,7-11,13-15H,3-6H2. The zero-order valence-electron chi connectivity index (χ0n) is 11.2. The highest BCUT2D eigenvalue weighted by atomic mass is 16.6. The Morgan fingerprint density at radius 2 is 2.10 bits per heavy atom. The van der Waals surface area contributed by atoms with E-state index in [4.69, 9.17) is 9.47 Å². The molecule has 3 heterocycles. The van der Waals surface area contributed by atoms with Crippen molar-refractivity contribution in [1.29, 1.82) is 0 Å². The second-order valence-corrected chi connectivity index (χ2v) is 7.10. The van der Waals surface area contributed by atoms with Gasteiger partial charge in [0.25, 0.3) is 0 Å². The molecule has 20 heavy (non-hydrogen) atoms. The lowest BCUT2D eigenvalue weighted by molar-refractivity contribution is -0.145. The number of Topliss-reactive ketones (excluding diaryl/α,β-unsaturated/α-hetero) is 1. The van der Waals surface area contributed by atoms with Crippen molar-refractivity contribution in [3.63, 3.8) is 0 Å². The lowest BCUT2D eigenvalue weighted by Gasteiger charge is -2.24. The van der Waals surface area contributed by atoms with Crippen LogP contribution in [-0.2, 0) is 19.1 Å². The van der Waals surface area contributed by atoms with Gasteiger partial charge in [0.15, 0.2) is 0 Å². The number of allylic oxidation sites excluding steroid dienone is 2. The molecule has 5 aliphatic rings. The minimum atomic E-state index is -0.149. The Labute approximate surface area is 117 Å². The molecule has 0 radical (unpaired) electrons. The molecule has 4 nitrogen and oxygen atoms in total. The molecule has 0 aromatic carbocycles. The molecule has 4 fully saturated rings. The molecule has 2 aliphatic carbocycles. The summed E-state index contributed by atoms with van der Waals surface area (Å²) in [6.07, 6.45) is 7.81. The van der Waals surface area contributed by atoms with Gasteiger partial charge >= 0.3 is 5.97 Å². The summed E-state index contributed by atoms with van der Waals surface area (Å²) in [5.41, 5.74) is 0. The summed E-state index contributed by atoms with van der Waals surface area (Å²) in [5.74, 6) is 1.60. The van der Waals surface area contributed by atoms with E-state index >= 15 is 0 Å². The molecule has 0 amide bonds. The third kappa shape index (κ3) is 1.36. The normalized spacial score (nSPS) is 53.9. The van der Waals surface area contributed by atoms with Gasteiger partial charge in [-0.1, -0.05) is 12.2 Å². The molecule has 8 atom stereocenters. The summed E-state index contributed by atoms with van der Waals surface area (Å²) in [7, 11) is 0. The van der Waals surface area contributed by atoms with Crippen LogP contribution in [-0.4, -0.2) is 30.1 Å². The van der Waals surface area contributed by atoms with Crippen molar-refractivity contribution in [3.05, 3.63) is 12.2 Å². The zero-order valence-corrected chi connectivity index (χ0v) is 11.2. The molecule has 3 aliphatic heterocycles. The number of hydrogen-bond donors (Lipinski definition) is 0. The maximum Gasteiger partial charge on any atom is 0.312 e. The van der Waals surface area contributed by atoms with Crippen molar-refractivity contribution in [1.82, 2.24) is 0 Å². The Bertz CT molecular complexity index is 525. The Balaban J connectivity index is 1.32. The summed E-state index contributed by atoms with van der Waals surface area (Å²) in [6, 6.07) is 0. The average molecular weight is 274 g/mol. The van der Waals surface area contributed by atoms with Crippen LogP contribution in [0, 0.1) is 29.6 Å². The molecule has 4 heteroatoms. The van der Waals surface area contributed by atoms with Crippen molar-refractivity contribution < 1.29 is 19.1 Å². The molecular weight excluding hydrogens is 256 g/mol. The van der Waals surface area contributed by atoms with Gasteiger partial charge < -0.3 is 9.47 Å². The van der Waals surface area contributed by atoms with Gasteiger partial charge in [-0.25, -0.2) is 0 Å². The number of fused-ring (bicyclic) bond motifs is 3. The molecular formula is C16H18O4. The Kier molecular flexibility index (Phi) is 2.14. The largest absolute Gasteiger partial charge is 0.459 e. The smallest absolute Gasteiger partial charge is 0.312 e. The average Bonchev–Trinajstić information content (AvgIpc) is 3.19. The minimum Gasteiger partial charge on any atom is -0.459 e. The summed E-state index contributed by atoms with van der Waals surface area (Å²) < 4.78 is 11.3. The number of ether oxygens (including phenoxy) is 2. The summed E-state index contributed by atoms with van der Waals surface area (Å²) >= 11 is 0. The SMILES string of the molecule is O=C(CC1C2CC3C(=O)OC1C3O2)C1CC2C=CC1C2. The lowest BCUT2D eigenvalue weighted by Crippen LogP contribution is -2.35. The quantitative estimate of drug-likeness (QED) is 0.578. The Hall–Kier alpha value is -1.16. The van der Waals surface area contributed by atoms with E-state index in [1.165, 1.54) is 0 Å². The van der Waals surface area contributed by atoms with Crippen molar-refractivity contribution in [3.8, 4) is 0 Å². The first-order valence-corrected chi connectivity index (χ1v) is 7.77. The van der Waals surface area contributed by atoms with Crippen LogP contribution in [0.25, 0.3) is 0 Å². The molecule has 0 spiro atoms. The van der Waals surface area contributed by atoms with E-state index in [1.807, 2.05) is 0 Å². The van der Waals surface area contributed by atoms with E-state index in [0.29, 0.717) is 24.0 Å². The van der Waals surface area contributed by atoms with Crippen LogP contribution >= 0.6 is 0 Å². The van der Waals surface area contributed by atoms with Crippen molar-refractivity contribution in [2.75, 3.05) is 0 Å². The molecule has 0 aromatic heterocycles. The maximum atomic E-state index is 12.6. The van der Waals surface area contributed by atoms with Crippen molar-refractivity contribution >= 4 is 11.8 Å². The van der Waals surface area contributed by atoms with E-state index in [-0.39, 0.29) is 42.0 Å². The highest BCUT2D eigenvalue weighted by Gasteiger charge is 2.63. The molecule has 1 saturated carbocycles. The molecule has 5 rings (SSSR count). The van der Waals surface area contributed by atoms with Crippen LogP contribution in [0.1, 0.15) is 25.7 Å². The fourth-order valence-corrected chi connectivity index (χ4v) is 5.16. The molecule has 0 aromatic rings. The van der Waals surface area contributed by atoms with Crippen LogP contribution < -0.4 is 0 Å². The van der Waals surface area contributed by atoms with Crippen molar-refractivity contribution in [2.45, 2.75) is 44.0 Å². The van der Waals surface area contributed by atoms with Gasteiger partial charge in [0.1, 0.15) is 18.0 Å². The van der Waals surface area contributed by atoms with E-state index in [1.54, 1.807) is 0 Å². The number of hydrogen-bond acceptors (Lipinski definition) is 4. The highest BCUT2D eigenvalue weighted by molar-refractivity contribution is 5.83. The third-order valence-electron chi connectivity index (χ3n) is 6.12. The first-order chi connectivity index (χ1) is 9.70. The Morgan fingerprint density at radius 1 is 1.20 bits per heavy atom. The predicted octanol–water partition coefficient (Wildman–Crippen LogP) is 1.49. The highest BCUT2D eigenvalue weighted by Crippen LogP contribution is 2.52. The van der Waals surface area contributed by atoms with Crippen LogP contribution in [0.15, 0.2) is 12.2 Å². The van der Waals surface area contributed by atoms with Crippen LogP contribution in [0.2, 0.25) is 0 Å². The van der Waals surface area contributed by atoms with Crippen molar-refractivity contribution in [2.24, 2.45) is 29.6 Å². The number of ketones is 1. The summed E-state index contributed by atoms with van der Waals surface area (Å²) in [5, 5.41) is 0.